The lowest BCUT2D eigenvalue weighted by atomic mass is 10.2. The number of nitriles is 1. The van der Waals surface area contributed by atoms with E-state index in [-0.39, 0.29) is 5.56 Å². The molecule has 3 aromatic rings. The van der Waals surface area contributed by atoms with E-state index in [2.05, 4.69) is 15.4 Å². The third kappa shape index (κ3) is 3.98. The van der Waals surface area contributed by atoms with Gasteiger partial charge in [-0.1, -0.05) is 0 Å². The summed E-state index contributed by atoms with van der Waals surface area (Å²) in [6.07, 6.45) is 1.66. The Kier molecular flexibility index (Phi) is 6.73. The van der Waals surface area contributed by atoms with Gasteiger partial charge in [0.25, 0.3) is 0 Å². The third-order valence-electron chi connectivity index (χ3n) is 2.84. The number of hydrogen-bond donors (Lipinski definition) is 1. The van der Waals surface area contributed by atoms with Gasteiger partial charge in [-0.3, -0.25) is 0 Å². The molecule has 1 N–H and O–H groups in total. The highest BCUT2D eigenvalue weighted by Gasteiger charge is 2.06. The summed E-state index contributed by atoms with van der Waals surface area (Å²) in [7, 11) is 0. The first-order valence-corrected chi connectivity index (χ1v) is 6.53. The molecule has 7 nitrogen and oxygen atoms in total. The number of nitrogens with zero attached hydrogens (tertiary/aromatic N) is 4. The SMILES string of the molecule is C=O.C=O.Cc1cc2nccc(Nc3ccc(F)c(C#N)c3)n2n1. The van der Waals surface area contributed by atoms with Gasteiger partial charge in [-0.2, -0.15) is 14.9 Å². The van der Waals surface area contributed by atoms with Crippen molar-refractivity contribution in [3.05, 3.63) is 53.6 Å². The average Bonchev–Trinajstić information content (AvgIpc) is 3.01. The maximum Gasteiger partial charge on any atom is 0.157 e. The Hall–Kier alpha value is -3.60. The molecule has 8 heteroatoms. The number of fused-ring (bicyclic) bond motifs is 1. The van der Waals surface area contributed by atoms with Crippen LogP contribution < -0.4 is 5.32 Å². The van der Waals surface area contributed by atoms with Gasteiger partial charge in [-0.15, -0.1) is 0 Å². The number of carbonyl (C=O) groups is 2. The number of halogens is 1. The molecule has 0 aliphatic heterocycles. The molecule has 122 valence electrons. The van der Waals surface area contributed by atoms with Gasteiger partial charge in [0.2, 0.25) is 0 Å². The number of aromatic nitrogens is 3. The molecular formula is C16H14FN5O2. The fourth-order valence-electron chi connectivity index (χ4n) is 1.94. The summed E-state index contributed by atoms with van der Waals surface area (Å²) in [5.74, 6) is 0.159. The number of anilines is 2. The molecule has 2 aromatic heterocycles. The summed E-state index contributed by atoms with van der Waals surface area (Å²) >= 11 is 0. The van der Waals surface area contributed by atoms with E-state index in [9.17, 15) is 4.39 Å². The fourth-order valence-corrected chi connectivity index (χ4v) is 1.94. The molecule has 0 atom stereocenters. The van der Waals surface area contributed by atoms with E-state index in [1.807, 2.05) is 32.6 Å². The quantitative estimate of drug-likeness (QED) is 0.776. The van der Waals surface area contributed by atoms with E-state index in [1.165, 1.54) is 12.1 Å². The second-order valence-electron chi connectivity index (χ2n) is 4.32. The maximum atomic E-state index is 13.3. The van der Waals surface area contributed by atoms with Crippen LogP contribution in [-0.4, -0.2) is 28.2 Å². The van der Waals surface area contributed by atoms with Crippen LogP contribution in [0, 0.1) is 24.1 Å². The zero-order valence-corrected chi connectivity index (χ0v) is 12.9. The van der Waals surface area contributed by atoms with Crippen LogP contribution in [0.15, 0.2) is 36.5 Å². The van der Waals surface area contributed by atoms with Gasteiger partial charge in [-0.05, 0) is 31.2 Å². The van der Waals surface area contributed by atoms with Crippen LogP contribution in [0.4, 0.5) is 15.9 Å². The summed E-state index contributed by atoms with van der Waals surface area (Å²) in [4.78, 5) is 20.2. The standard InChI is InChI=1S/C14H10FN5.2CH2O/c1-9-6-14-17-5-4-13(20(14)19-9)18-11-2-3-12(15)10(7-11)8-16;2*1-2/h2-7,18H,1H3;2*1H2. The summed E-state index contributed by atoms with van der Waals surface area (Å²) in [6.45, 7) is 5.88. The van der Waals surface area contributed by atoms with Crippen molar-refractivity contribution in [3.63, 3.8) is 0 Å². The minimum atomic E-state index is -0.534. The van der Waals surface area contributed by atoms with E-state index in [0.29, 0.717) is 11.5 Å². The van der Waals surface area contributed by atoms with Crippen LogP contribution >= 0.6 is 0 Å². The van der Waals surface area contributed by atoms with E-state index < -0.39 is 5.82 Å². The van der Waals surface area contributed by atoms with Gasteiger partial charge in [0.05, 0.1) is 11.3 Å². The predicted molar refractivity (Wildman–Crippen MR) is 86.4 cm³/mol. The molecule has 3 rings (SSSR count). The molecule has 0 fully saturated rings. The molecule has 0 spiro atoms. The molecule has 0 aliphatic carbocycles. The third-order valence-corrected chi connectivity index (χ3v) is 2.84. The van der Waals surface area contributed by atoms with Crippen LogP contribution in [0.1, 0.15) is 11.3 Å². The molecule has 0 aliphatic rings. The first kappa shape index (κ1) is 18.4. The van der Waals surface area contributed by atoms with Gasteiger partial charge in [-0.25, -0.2) is 9.37 Å². The Labute approximate surface area is 137 Å². The Morgan fingerprint density at radius 2 is 1.92 bits per heavy atom. The van der Waals surface area contributed by atoms with E-state index in [0.717, 1.165) is 11.3 Å². The monoisotopic (exact) mass is 327 g/mol. The van der Waals surface area contributed by atoms with Gasteiger partial charge in [0, 0.05) is 18.0 Å². The molecular weight excluding hydrogens is 313 g/mol. The van der Waals surface area contributed by atoms with Crippen molar-refractivity contribution < 1.29 is 14.0 Å². The van der Waals surface area contributed by atoms with E-state index >= 15 is 0 Å². The Bertz CT molecular complexity index is 871. The van der Waals surface area contributed by atoms with Gasteiger partial charge in [0.15, 0.2) is 5.65 Å². The number of hydrogen-bond acceptors (Lipinski definition) is 6. The second kappa shape index (κ2) is 8.75. The molecule has 0 amide bonds. The lowest BCUT2D eigenvalue weighted by Crippen LogP contribution is -2.01. The van der Waals surface area contributed by atoms with Crippen molar-refractivity contribution in [2.75, 3.05) is 5.32 Å². The number of rotatable bonds is 2. The minimum Gasteiger partial charge on any atom is -0.340 e. The predicted octanol–water partition coefficient (Wildman–Crippen LogP) is 2.42. The molecule has 0 saturated carbocycles. The molecule has 1 aromatic carbocycles. The highest BCUT2D eigenvalue weighted by molar-refractivity contribution is 5.61. The van der Waals surface area contributed by atoms with Crippen LogP contribution in [0.3, 0.4) is 0 Å². The van der Waals surface area contributed by atoms with Crippen molar-refractivity contribution in [2.45, 2.75) is 6.92 Å². The summed E-state index contributed by atoms with van der Waals surface area (Å²) < 4.78 is 14.9. The van der Waals surface area contributed by atoms with Crippen molar-refractivity contribution in [1.29, 1.82) is 5.26 Å². The number of carbonyl (C=O) groups excluding carboxylic acids is 2. The van der Waals surface area contributed by atoms with Crippen molar-refractivity contribution in [1.82, 2.24) is 14.6 Å². The van der Waals surface area contributed by atoms with Crippen LogP contribution in [0.25, 0.3) is 5.65 Å². The summed E-state index contributed by atoms with van der Waals surface area (Å²) in [5.41, 5.74) is 2.18. The van der Waals surface area contributed by atoms with E-state index in [1.54, 1.807) is 22.8 Å². The normalized spacial score (nSPS) is 9.04. The molecule has 0 bridgehead atoms. The summed E-state index contributed by atoms with van der Waals surface area (Å²) in [6, 6.07) is 9.71. The van der Waals surface area contributed by atoms with Crippen molar-refractivity contribution in [3.8, 4) is 6.07 Å². The zero-order chi connectivity index (χ0) is 18.1. The van der Waals surface area contributed by atoms with Crippen LogP contribution in [-0.2, 0) is 9.59 Å². The smallest absolute Gasteiger partial charge is 0.157 e. The highest BCUT2D eigenvalue weighted by atomic mass is 19.1. The number of aryl methyl sites for hydroxylation is 1. The lowest BCUT2D eigenvalue weighted by Gasteiger charge is -2.08. The molecule has 24 heavy (non-hydrogen) atoms. The Morgan fingerprint density at radius 1 is 1.21 bits per heavy atom. The van der Waals surface area contributed by atoms with Crippen molar-refractivity contribution in [2.24, 2.45) is 0 Å². The first-order valence-electron chi connectivity index (χ1n) is 6.53. The van der Waals surface area contributed by atoms with Crippen LogP contribution in [0.5, 0.6) is 0 Å². The van der Waals surface area contributed by atoms with Gasteiger partial charge >= 0.3 is 0 Å². The second-order valence-corrected chi connectivity index (χ2v) is 4.32. The first-order chi connectivity index (χ1) is 11.7. The number of benzene rings is 1. The van der Waals surface area contributed by atoms with Crippen molar-refractivity contribution >= 4 is 30.7 Å². The molecule has 0 radical (unpaired) electrons. The van der Waals surface area contributed by atoms with Crippen LogP contribution in [0.2, 0.25) is 0 Å². The molecule has 2 heterocycles. The highest BCUT2D eigenvalue weighted by Crippen LogP contribution is 2.19. The largest absolute Gasteiger partial charge is 0.340 e. The summed E-state index contributed by atoms with van der Waals surface area (Å²) in [5, 5.41) is 16.3. The average molecular weight is 327 g/mol. The van der Waals surface area contributed by atoms with Gasteiger partial charge in [0.1, 0.15) is 31.3 Å². The fraction of sp³-hybridized carbons (Fsp3) is 0.0625. The molecule has 0 saturated heterocycles. The zero-order valence-electron chi connectivity index (χ0n) is 12.9. The Morgan fingerprint density at radius 3 is 2.58 bits per heavy atom. The van der Waals surface area contributed by atoms with Gasteiger partial charge < -0.3 is 14.9 Å². The molecule has 0 unspecified atom stereocenters. The maximum absolute atomic E-state index is 13.3. The van der Waals surface area contributed by atoms with E-state index in [4.69, 9.17) is 14.9 Å². The topological polar surface area (TPSA) is 100 Å². The minimum absolute atomic E-state index is 0.00283. The Balaban J connectivity index is 0.000000671. The number of nitrogens with one attached hydrogen (secondary N) is 1. The lowest BCUT2D eigenvalue weighted by molar-refractivity contribution is -0.0987.